The van der Waals surface area contributed by atoms with Crippen LogP contribution in [0.3, 0.4) is 0 Å². The van der Waals surface area contributed by atoms with E-state index in [9.17, 15) is 9.59 Å². The quantitative estimate of drug-likeness (QED) is 0.777. The zero-order valence-electron chi connectivity index (χ0n) is 12.8. The number of rotatable bonds is 6. The van der Waals surface area contributed by atoms with Crippen LogP contribution in [-0.2, 0) is 9.53 Å². The van der Waals surface area contributed by atoms with Gasteiger partial charge < -0.3 is 14.8 Å². The lowest BCUT2D eigenvalue weighted by molar-refractivity contribution is -0.118. The Morgan fingerprint density at radius 2 is 1.92 bits per heavy atom. The second-order valence-electron chi connectivity index (χ2n) is 4.71. The van der Waals surface area contributed by atoms with Crippen molar-refractivity contribution in [3.05, 3.63) is 58.1 Å². The van der Waals surface area contributed by atoms with Crippen LogP contribution >= 0.6 is 23.2 Å². The van der Waals surface area contributed by atoms with Crippen molar-refractivity contribution in [2.24, 2.45) is 0 Å². The summed E-state index contributed by atoms with van der Waals surface area (Å²) in [7, 11) is 0. The fraction of sp³-hybridized carbons (Fsp3) is 0.176. The number of nitrogens with one attached hydrogen (secondary N) is 1. The number of anilines is 1. The third-order valence-electron chi connectivity index (χ3n) is 2.91. The molecule has 126 valence electrons. The minimum Gasteiger partial charge on any atom is -0.482 e. The number of hydrogen-bond donors (Lipinski definition) is 1. The summed E-state index contributed by atoms with van der Waals surface area (Å²) in [5.74, 6) is -0.476. The first kappa shape index (κ1) is 18.1. The Bertz CT molecular complexity index is 749. The lowest BCUT2D eigenvalue weighted by Gasteiger charge is -2.10. The highest BCUT2D eigenvalue weighted by Gasteiger charge is 2.10. The lowest BCUT2D eigenvalue weighted by Crippen LogP contribution is -2.20. The van der Waals surface area contributed by atoms with Crippen molar-refractivity contribution in [2.45, 2.75) is 6.92 Å². The Labute approximate surface area is 149 Å². The highest BCUT2D eigenvalue weighted by atomic mass is 35.5. The van der Waals surface area contributed by atoms with Crippen molar-refractivity contribution >= 4 is 40.8 Å². The van der Waals surface area contributed by atoms with Gasteiger partial charge in [-0.3, -0.25) is 4.79 Å². The maximum Gasteiger partial charge on any atom is 0.338 e. The molecule has 7 heteroatoms. The smallest absolute Gasteiger partial charge is 0.338 e. The first-order chi connectivity index (χ1) is 11.5. The minimum atomic E-state index is -0.446. The summed E-state index contributed by atoms with van der Waals surface area (Å²) in [6.07, 6.45) is 0. The van der Waals surface area contributed by atoms with Crippen molar-refractivity contribution in [1.82, 2.24) is 0 Å². The fourth-order valence-corrected chi connectivity index (χ4v) is 2.33. The molecule has 0 aliphatic carbocycles. The molecule has 0 fully saturated rings. The lowest BCUT2D eigenvalue weighted by atomic mass is 10.2. The van der Waals surface area contributed by atoms with Gasteiger partial charge in [0.05, 0.1) is 17.2 Å². The Hall–Kier alpha value is -2.24. The van der Waals surface area contributed by atoms with Crippen LogP contribution in [0.25, 0.3) is 0 Å². The van der Waals surface area contributed by atoms with E-state index in [0.29, 0.717) is 27.0 Å². The van der Waals surface area contributed by atoms with E-state index >= 15 is 0 Å². The van der Waals surface area contributed by atoms with E-state index in [2.05, 4.69) is 5.32 Å². The summed E-state index contributed by atoms with van der Waals surface area (Å²) in [4.78, 5) is 23.6. The van der Waals surface area contributed by atoms with Crippen LogP contribution in [0.1, 0.15) is 17.3 Å². The molecule has 5 nitrogen and oxygen atoms in total. The standard InChI is InChI=1S/C17H15Cl2NO4/c1-2-23-17(22)11-4-3-5-13(8-11)20-16(21)10-24-15-7-6-12(18)9-14(15)19/h3-9H,2,10H2,1H3,(H,20,21). The van der Waals surface area contributed by atoms with Gasteiger partial charge in [0, 0.05) is 10.7 Å². The number of carbonyl (C=O) groups excluding carboxylic acids is 2. The van der Waals surface area contributed by atoms with E-state index in [1.807, 2.05) is 0 Å². The van der Waals surface area contributed by atoms with Gasteiger partial charge in [0.2, 0.25) is 0 Å². The van der Waals surface area contributed by atoms with Crippen molar-refractivity contribution < 1.29 is 19.1 Å². The number of ether oxygens (including phenoxy) is 2. The number of carbonyl (C=O) groups is 2. The second-order valence-corrected chi connectivity index (χ2v) is 5.56. The van der Waals surface area contributed by atoms with Gasteiger partial charge >= 0.3 is 5.97 Å². The Kier molecular flexibility index (Phi) is 6.46. The molecule has 0 radical (unpaired) electrons. The molecule has 0 spiro atoms. The average molecular weight is 368 g/mol. The fourth-order valence-electron chi connectivity index (χ4n) is 1.87. The van der Waals surface area contributed by atoms with E-state index in [0.717, 1.165) is 0 Å². The van der Waals surface area contributed by atoms with Crippen molar-refractivity contribution in [1.29, 1.82) is 0 Å². The van der Waals surface area contributed by atoms with Gasteiger partial charge in [-0.2, -0.15) is 0 Å². The molecule has 2 aromatic rings. The molecule has 0 saturated heterocycles. The van der Waals surface area contributed by atoms with Gasteiger partial charge in [-0.05, 0) is 43.3 Å². The SMILES string of the molecule is CCOC(=O)c1cccc(NC(=O)COc2ccc(Cl)cc2Cl)c1. The molecule has 24 heavy (non-hydrogen) atoms. The summed E-state index contributed by atoms with van der Waals surface area (Å²) in [6, 6.07) is 11.2. The Balaban J connectivity index is 1.95. The predicted octanol–water partition coefficient (Wildman–Crippen LogP) is 4.19. The number of hydrogen-bond acceptors (Lipinski definition) is 4. The molecule has 1 N–H and O–H groups in total. The van der Waals surface area contributed by atoms with Crippen molar-refractivity contribution in [2.75, 3.05) is 18.5 Å². The summed E-state index contributed by atoms with van der Waals surface area (Å²) in [5, 5.41) is 3.44. The molecule has 0 unspecified atom stereocenters. The van der Waals surface area contributed by atoms with E-state index < -0.39 is 5.97 Å². The van der Waals surface area contributed by atoms with Crippen LogP contribution in [0, 0.1) is 0 Å². The molecule has 0 atom stereocenters. The predicted molar refractivity (Wildman–Crippen MR) is 93.0 cm³/mol. The maximum absolute atomic E-state index is 11.9. The third kappa shape index (κ3) is 5.15. The molecule has 2 rings (SSSR count). The summed E-state index contributed by atoms with van der Waals surface area (Å²) >= 11 is 11.8. The van der Waals surface area contributed by atoms with E-state index in [1.54, 1.807) is 37.3 Å². The average Bonchev–Trinajstić information content (AvgIpc) is 2.54. The van der Waals surface area contributed by atoms with Crippen LogP contribution in [-0.4, -0.2) is 25.1 Å². The normalized spacial score (nSPS) is 10.1. The second kappa shape index (κ2) is 8.57. The molecule has 1 amide bonds. The molecule has 0 aliphatic heterocycles. The van der Waals surface area contributed by atoms with E-state index in [4.69, 9.17) is 32.7 Å². The van der Waals surface area contributed by atoms with Crippen LogP contribution in [0.4, 0.5) is 5.69 Å². The largest absolute Gasteiger partial charge is 0.482 e. The van der Waals surface area contributed by atoms with Gasteiger partial charge in [0.15, 0.2) is 6.61 Å². The van der Waals surface area contributed by atoms with Gasteiger partial charge in [-0.15, -0.1) is 0 Å². The van der Waals surface area contributed by atoms with Gasteiger partial charge in [0.1, 0.15) is 5.75 Å². The number of amides is 1. The molecule has 2 aromatic carbocycles. The molecule has 0 saturated carbocycles. The minimum absolute atomic E-state index is 0.231. The van der Waals surface area contributed by atoms with Crippen molar-refractivity contribution in [3.8, 4) is 5.75 Å². The molecule has 0 aromatic heterocycles. The van der Waals surface area contributed by atoms with Crippen molar-refractivity contribution in [3.63, 3.8) is 0 Å². The van der Waals surface area contributed by atoms with Crippen LogP contribution in [0.15, 0.2) is 42.5 Å². The summed E-state index contributed by atoms with van der Waals surface area (Å²) in [5.41, 5.74) is 0.827. The molecule has 0 heterocycles. The van der Waals surface area contributed by atoms with Crippen LogP contribution in [0.2, 0.25) is 10.0 Å². The monoisotopic (exact) mass is 367 g/mol. The summed E-state index contributed by atoms with van der Waals surface area (Å²) in [6.45, 7) is 1.78. The third-order valence-corrected chi connectivity index (χ3v) is 3.44. The number of benzene rings is 2. The topological polar surface area (TPSA) is 64.6 Å². The first-order valence-corrected chi connectivity index (χ1v) is 7.90. The molecule has 0 bridgehead atoms. The van der Waals surface area contributed by atoms with Crippen LogP contribution in [0.5, 0.6) is 5.75 Å². The van der Waals surface area contributed by atoms with Gasteiger partial charge in [-0.25, -0.2) is 4.79 Å². The van der Waals surface area contributed by atoms with Crippen LogP contribution < -0.4 is 10.1 Å². The van der Waals surface area contributed by atoms with E-state index in [-0.39, 0.29) is 19.1 Å². The van der Waals surface area contributed by atoms with E-state index in [1.165, 1.54) is 12.1 Å². The molecular formula is C17H15Cl2NO4. The van der Waals surface area contributed by atoms with Gasteiger partial charge in [0.25, 0.3) is 5.91 Å². The summed E-state index contributed by atoms with van der Waals surface area (Å²) < 4.78 is 10.3. The maximum atomic E-state index is 11.9. The zero-order chi connectivity index (χ0) is 17.5. The Morgan fingerprint density at radius 3 is 2.62 bits per heavy atom. The zero-order valence-corrected chi connectivity index (χ0v) is 14.4. The highest BCUT2D eigenvalue weighted by molar-refractivity contribution is 6.35. The molecule has 0 aliphatic rings. The first-order valence-electron chi connectivity index (χ1n) is 7.14. The van der Waals surface area contributed by atoms with Gasteiger partial charge in [-0.1, -0.05) is 29.3 Å². The Morgan fingerprint density at radius 1 is 1.12 bits per heavy atom. The number of halogens is 2. The number of esters is 1. The highest BCUT2D eigenvalue weighted by Crippen LogP contribution is 2.27. The molecular weight excluding hydrogens is 353 g/mol.